The normalized spacial score (nSPS) is 16.7. The number of benzene rings is 1. The second-order valence-electron chi connectivity index (χ2n) is 4.98. The van der Waals surface area contributed by atoms with Crippen molar-refractivity contribution in [1.82, 2.24) is 4.31 Å². The molecule has 114 valence electrons. The Labute approximate surface area is 124 Å². The molecule has 0 N–H and O–H groups in total. The van der Waals surface area contributed by atoms with Gasteiger partial charge < -0.3 is 4.90 Å². The van der Waals surface area contributed by atoms with Crippen LogP contribution in [-0.4, -0.2) is 44.7 Å². The molecule has 0 saturated carbocycles. The Hall–Kier alpha value is -1.65. The van der Waals surface area contributed by atoms with Crippen molar-refractivity contribution in [2.45, 2.75) is 13.3 Å². The van der Waals surface area contributed by atoms with Crippen LogP contribution in [0.1, 0.15) is 18.9 Å². The summed E-state index contributed by atoms with van der Waals surface area (Å²) >= 11 is 0. The molecule has 1 aliphatic heterocycles. The molecule has 0 atom stereocenters. The SMILES string of the molecule is CCCS(=O)(=O)N1CCN(c2ccc(C#N)cc2F)CC1. The molecule has 1 aliphatic rings. The molecule has 0 aliphatic carbocycles. The number of nitriles is 1. The fourth-order valence-electron chi connectivity index (χ4n) is 2.43. The quantitative estimate of drug-likeness (QED) is 0.846. The second kappa shape index (κ2) is 6.41. The first-order valence-electron chi connectivity index (χ1n) is 6.90. The molecular formula is C14H18FN3O2S. The Morgan fingerprint density at radius 2 is 1.95 bits per heavy atom. The Bertz CT molecular complexity index is 647. The predicted octanol–water partition coefficient (Wildman–Crippen LogP) is 1.56. The molecule has 7 heteroatoms. The van der Waals surface area contributed by atoms with E-state index in [2.05, 4.69) is 0 Å². The molecule has 0 amide bonds. The van der Waals surface area contributed by atoms with Crippen LogP contribution in [0.3, 0.4) is 0 Å². The summed E-state index contributed by atoms with van der Waals surface area (Å²) in [5.74, 6) is -0.294. The maximum absolute atomic E-state index is 13.9. The van der Waals surface area contributed by atoms with Gasteiger partial charge in [0, 0.05) is 26.2 Å². The van der Waals surface area contributed by atoms with Crippen molar-refractivity contribution in [3.8, 4) is 6.07 Å². The smallest absolute Gasteiger partial charge is 0.214 e. The molecule has 2 rings (SSSR count). The van der Waals surface area contributed by atoms with Gasteiger partial charge in [0.25, 0.3) is 0 Å². The summed E-state index contributed by atoms with van der Waals surface area (Å²) in [6, 6.07) is 6.24. The van der Waals surface area contributed by atoms with Gasteiger partial charge in [-0.25, -0.2) is 12.8 Å². The molecule has 0 bridgehead atoms. The highest BCUT2D eigenvalue weighted by Gasteiger charge is 2.27. The number of anilines is 1. The molecule has 0 aromatic heterocycles. The van der Waals surface area contributed by atoms with Gasteiger partial charge >= 0.3 is 0 Å². The number of sulfonamides is 1. The minimum atomic E-state index is -3.19. The molecule has 21 heavy (non-hydrogen) atoms. The molecule has 0 radical (unpaired) electrons. The van der Waals surface area contributed by atoms with Gasteiger partial charge in [-0.15, -0.1) is 0 Å². The monoisotopic (exact) mass is 311 g/mol. The lowest BCUT2D eigenvalue weighted by molar-refractivity contribution is 0.383. The van der Waals surface area contributed by atoms with Gasteiger partial charge in [-0.2, -0.15) is 9.57 Å². The average Bonchev–Trinajstić information content (AvgIpc) is 2.47. The highest BCUT2D eigenvalue weighted by molar-refractivity contribution is 7.89. The lowest BCUT2D eigenvalue weighted by Crippen LogP contribution is -2.49. The largest absolute Gasteiger partial charge is 0.367 e. The number of halogens is 1. The molecular weight excluding hydrogens is 293 g/mol. The highest BCUT2D eigenvalue weighted by Crippen LogP contribution is 2.22. The van der Waals surface area contributed by atoms with Crippen LogP contribution in [0.25, 0.3) is 0 Å². The summed E-state index contributed by atoms with van der Waals surface area (Å²) in [6.45, 7) is 3.46. The van der Waals surface area contributed by atoms with Gasteiger partial charge in [-0.3, -0.25) is 0 Å². The van der Waals surface area contributed by atoms with Crippen LogP contribution in [-0.2, 0) is 10.0 Å². The topological polar surface area (TPSA) is 64.4 Å². The summed E-state index contributed by atoms with van der Waals surface area (Å²) < 4.78 is 39.4. The van der Waals surface area contributed by atoms with E-state index in [0.29, 0.717) is 38.3 Å². The standard InChI is InChI=1S/C14H18FN3O2S/c1-2-9-21(19,20)18-7-5-17(6-8-18)14-4-3-12(11-16)10-13(14)15/h3-4,10H,2,5-9H2,1H3. The summed E-state index contributed by atoms with van der Waals surface area (Å²) in [5.41, 5.74) is 0.696. The van der Waals surface area contributed by atoms with E-state index in [9.17, 15) is 12.8 Å². The molecule has 1 fully saturated rings. The van der Waals surface area contributed by atoms with Crippen molar-refractivity contribution in [2.24, 2.45) is 0 Å². The van der Waals surface area contributed by atoms with Crippen molar-refractivity contribution in [2.75, 3.05) is 36.8 Å². The van der Waals surface area contributed by atoms with Crippen LogP contribution in [0.2, 0.25) is 0 Å². The maximum Gasteiger partial charge on any atom is 0.214 e. The van der Waals surface area contributed by atoms with Crippen molar-refractivity contribution >= 4 is 15.7 Å². The third-order valence-electron chi connectivity index (χ3n) is 3.51. The lowest BCUT2D eigenvalue weighted by Gasteiger charge is -2.35. The molecule has 0 spiro atoms. The van der Waals surface area contributed by atoms with E-state index in [0.717, 1.165) is 0 Å². The van der Waals surface area contributed by atoms with Crippen molar-refractivity contribution in [1.29, 1.82) is 5.26 Å². The van der Waals surface area contributed by atoms with Gasteiger partial charge in [0.05, 0.1) is 23.1 Å². The zero-order valence-electron chi connectivity index (χ0n) is 11.9. The molecule has 1 aromatic rings. The molecule has 1 heterocycles. The van der Waals surface area contributed by atoms with Crippen molar-refractivity contribution in [3.05, 3.63) is 29.6 Å². The Kier molecular flexibility index (Phi) is 4.80. The van der Waals surface area contributed by atoms with Gasteiger partial charge in [-0.1, -0.05) is 6.92 Å². The van der Waals surface area contributed by atoms with Gasteiger partial charge in [0.15, 0.2) is 0 Å². The lowest BCUT2D eigenvalue weighted by atomic mass is 10.2. The highest BCUT2D eigenvalue weighted by atomic mass is 32.2. The van der Waals surface area contributed by atoms with E-state index >= 15 is 0 Å². The van der Waals surface area contributed by atoms with Crippen LogP contribution in [0.5, 0.6) is 0 Å². The van der Waals surface area contributed by atoms with E-state index in [1.807, 2.05) is 17.9 Å². The number of piperazine rings is 1. The van der Waals surface area contributed by atoms with E-state index < -0.39 is 15.8 Å². The molecule has 1 aromatic carbocycles. The molecule has 1 saturated heterocycles. The van der Waals surface area contributed by atoms with Crippen LogP contribution < -0.4 is 4.90 Å². The molecule has 0 unspecified atom stereocenters. The molecule has 5 nitrogen and oxygen atoms in total. The van der Waals surface area contributed by atoms with Crippen LogP contribution in [0.15, 0.2) is 18.2 Å². The number of nitrogens with zero attached hydrogens (tertiary/aromatic N) is 3. The maximum atomic E-state index is 13.9. The third kappa shape index (κ3) is 3.52. The van der Waals surface area contributed by atoms with Gasteiger partial charge in [0.2, 0.25) is 10.0 Å². The zero-order valence-corrected chi connectivity index (χ0v) is 12.7. The minimum Gasteiger partial charge on any atom is -0.367 e. The fourth-order valence-corrected chi connectivity index (χ4v) is 3.92. The third-order valence-corrected chi connectivity index (χ3v) is 5.59. The zero-order chi connectivity index (χ0) is 15.5. The summed E-state index contributed by atoms with van der Waals surface area (Å²) in [4.78, 5) is 1.81. The van der Waals surface area contributed by atoms with Crippen molar-refractivity contribution < 1.29 is 12.8 Å². The second-order valence-corrected chi connectivity index (χ2v) is 7.07. The summed E-state index contributed by atoms with van der Waals surface area (Å²) in [5, 5.41) is 8.73. The van der Waals surface area contributed by atoms with Crippen LogP contribution in [0, 0.1) is 17.1 Å². The predicted molar refractivity (Wildman–Crippen MR) is 79.0 cm³/mol. The average molecular weight is 311 g/mol. The van der Waals surface area contributed by atoms with E-state index in [1.54, 1.807) is 12.1 Å². The first-order valence-corrected chi connectivity index (χ1v) is 8.51. The van der Waals surface area contributed by atoms with Crippen LogP contribution >= 0.6 is 0 Å². The van der Waals surface area contributed by atoms with E-state index in [-0.39, 0.29) is 11.3 Å². The van der Waals surface area contributed by atoms with E-state index in [1.165, 1.54) is 10.4 Å². The Balaban J connectivity index is 2.06. The Morgan fingerprint density at radius 3 is 2.48 bits per heavy atom. The first-order chi connectivity index (χ1) is 9.97. The number of hydrogen-bond acceptors (Lipinski definition) is 4. The van der Waals surface area contributed by atoms with Crippen LogP contribution in [0.4, 0.5) is 10.1 Å². The van der Waals surface area contributed by atoms with Gasteiger partial charge in [-0.05, 0) is 24.6 Å². The van der Waals surface area contributed by atoms with Crippen molar-refractivity contribution in [3.63, 3.8) is 0 Å². The number of hydrogen-bond donors (Lipinski definition) is 0. The van der Waals surface area contributed by atoms with Gasteiger partial charge in [0.1, 0.15) is 5.82 Å². The van der Waals surface area contributed by atoms with E-state index in [4.69, 9.17) is 5.26 Å². The number of rotatable bonds is 4. The summed E-state index contributed by atoms with van der Waals surface area (Å²) in [7, 11) is -3.19. The summed E-state index contributed by atoms with van der Waals surface area (Å²) in [6.07, 6.45) is 0.590. The first kappa shape index (κ1) is 15.7. The Morgan fingerprint density at radius 1 is 1.29 bits per heavy atom. The minimum absolute atomic E-state index is 0.151. The fraction of sp³-hybridized carbons (Fsp3) is 0.500.